The summed E-state index contributed by atoms with van der Waals surface area (Å²) in [7, 11) is 0. The number of hydrogen-bond donors (Lipinski definition) is 0. The van der Waals surface area contributed by atoms with Gasteiger partial charge in [0, 0.05) is 12.8 Å². The highest BCUT2D eigenvalue weighted by Gasteiger charge is 2.02. The minimum absolute atomic E-state index is 0.526. The highest BCUT2D eigenvalue weighted by atomic mass is 16.1. The SMILES string of the molecule is CC(C)CCCCCCCCCCCCCCCC(=O)CCCCCCCCCCCCCCCC(C)C. The molecule has 228 valence electrons. The second kappa shape index (κ2) is 31.2. The zero-order valence-corrected chi connectivity index (χ0v) is 27.3. The van der Waals surface area contributed by atoms with E-state index in [0.29, 0.717) is 5.78 Å². The molecule has 0 fully saturated rings. The first-order valence-electron chi connectivity index (χ1n) is 18.0. The van der Waals surface area contributed by atoms with Crippen LogP contribution < -0.4 is 0 Å². The van der Waals surface area contributed by atoms with E-state index in [2.05, 4.69) is 27.7 Å². The molecular formula is C37H74O. The van der Waals surface area contributed by atoms with Crippen LogP contribution in [0, 0.1) is 11.8 Å². The minimum Gasteiger partial charge on any atom is -0.300 e. The summed E-state index contributed by atoms with van der Waals surface area (Å²) in [5.74, 6) is 2.28. The fourth-order valence-corrected chi connectivity index (χ4v) is 5.76. The maximum Gasteiger partial charge on any atom is 0.132 e. The molecule has 0 aromatic rings. The van der Waals surface area contributed by atoms with Crippen molar-refractivity contribution in [2.75, 3.05) is 0 Å². The van der Waals surface area contributed by atoms with E-state index in [0.717, 1.165) is 37.5 Å². The van der Waals surface area contributed by atoms with Crippen LogP contribution in [0.3, 0.4) is 0 Å². The van der Waals surface area contributed by atoms with Gasteiger partial charge in [0.25, 0.3) is 0 Å². The largest absolute Gasteiger partial charge is 0.300 e. The summed E-state index contributed by atoms with van der Waals surface area (Å²) in [6, 6.07) is 0. The lowest BCUT2D eigenvalue weighted by atomic mass is 10.0. The molecule has 0 N–H and O–H groups in total. The Morgan fingerprint density at radius 3 is 0.711 bits per heavy atom. The maximum atomic E-state index is 12.1. The van der Waals surface area contributed by atoms with E-state index in [1.807, 2.05) is 0 Å². The van der Waals surface area contributed by atoms with E-state index < -0.39 is 0 Å². The lowest BCUT2D eigenvalue weighted by Gasteiger charge is -2.05. The van der Waals surface area contributed by atoms with Crippen molar-refractivity contribution < 1.29 is 4.79 Å². The molecule has 0 aliphatic rings. The molecule has 0 saturated heterocycles. The molecule has 0 bridgehead atoms. The summed E-state index contributed by atoms with van der Waals surface area (Å²) >= 11 is 0. The molecule has 0 unspecified atom stereocenters. The summed E-state index contributed by atoms with van der Waals surface area (Å²) in [6.45, 7) is 9.34. The molecule has 1 heteroatoms. The van der Waals surface area contributed by atoms with Crippen LogP contribution >= 0.6 is 0 Å². The van der Waals surface area contributed by atoms with E-state index in [9.17, 15) is 4.79 Å². The van der Waals surface area contributed by atoms with Gasteiger partial charge >= 0.3 is 0 Å². The molecule has 0 aromatic heterocycles. The topological polar surface area (TPSA) is 17.1 Å². The third kappa shape index (κ3) is 33.7. The van der Waals surface area contributed by atoms with E-state index in [-0.39, 0.29) is 0 Å². The maximum absolute atomic E-state index is 12.1. The Bertz CT molecular complexity index is 412. The molecule has 0 spiro atoms. The van der Waals surface area contributed by atoms with Crippen molar-refractivity contribution in [1.29, 1.82) is 0 Å². The standard InChI is InChI=1S/C37H74O/c1-35(2)31-27-23-19-15-11-7-5-9-13-17-21-25-29-33-37(38)34-30-26-22-18-14-10-6-8-12-16-20-24-28-32-36(3)4/h35-36H,5-34H2,1-4H3. The van der Waals surface area contributed by atoms with E-state index in [1.165, 1.54) is 167 Å². The first-order valence-corrected chi connectivity index (χ1v) is 18.0. The van der Waals surface area contributed by atoms with Gasteiger partial charge in [0.15, 0.2) is 0 Å². The van der Waals surface area contributed by atoms with Crippen LogP contribution in [-0.2, 0) is 4.79 Å². The lowest BCUT2D eigenvalue weighted by Crippen LogP contribution is -1.97. The van der Waals surface area contributed by atoms with Crippen LogP contribution in [0.4, 0.5) is 0 Å². The molecule has 0 radical (unpaired) electrons. The van der Waals surface area contributed by atoms with Crippen LogP contribution in [0.25, 0.3) is 0 Å². The summed E-state index contributed by atoms with van der Waals surface area (Å²) in [4.78, 5) is 12.1. The highest BCUT2D eigenvalue weighted by molar-refractivity contribution is 5.78. The number of hydrogen-bond acceptors (Lipinski definition) is 1. The van der Waals surface area contributed by atoms with Gasteiger partial charge in [-0.25, -0.2) is 0 Å². The third-order valence-corrected chi connectivity index (χ3v) is 8.47. The van der Waals surface area contributed by atoms with Gasteiger partial charge in [-0.2, -0.15) is 0 Å². The average Bonchev–Trinajstić information content (AvgIpc) is 2.88. The molecule has 0 rings (SSSR count). The highest BCUT2D eigenvalue weighted by Crippen LogP contribution is 2.17. The number of Topliss-reactive ketones (excluding diaryl/α,β-unsaturated/α-hetero) is 1. The van der Waals surface area contributed by atoms with Gasteiger partial charge in [0.05, 0.1) is 0 Å². The van der Waals surface area contributed by atoms with Crippen LogP contribution in [-0.4, -0.2) is 5.78 Å². The van der Waals surface area contributed by atoms with Crippen molar-refractivity contribution in [3.63, 3.8) is 0 Å². The van der Waals surface area contributed by atoms with Crippen molar-refractivity contribution in [3.05, 3.63) is 0 Å². The minimum atomic E-state index is 0.526. The van der Waals surface area contributed by atoms with Crippen LogP contribution in [0.2, 0.25) is 0 Å². The predicted octanol–water partition coefficient (Wildman–Crippen LogP) is 13.6. The monoisotopic (exact) mass is 535 g/mol. The summed E-state index contributed by atoms with van der Waals surface area (Å²) in [5.41, 5.74) is 0. The van der Waals surface area contributed by atoms with Crippen molar-refractivity contribution in [3.8, 4) is 0 Å². The summed E-state index contributed by atoms with van der Waals surface area (Å²) in [5, 5.41) is 0. The van der Waals surface area contributed by atoms with Crippen LogP contribution in [0.5, 0.6) is 0 Å². The Labute approximate surface area is 242 Å². The lowest BCUT2D eigenvalue weighted by molar-refractivity contribution is -0.119. The second-order valence-electron chi connectivity index (χ2n) is 13.6. The Kier molecular flexibility index (Phi) is 30.9. The molecule has 0 heterocycles. The van der Waals surface area contributed by atoms with E-state index in [1.54, 1.807) is 0 Å². The first kappa shape index (κ1) is 37.7. The number of carbonyl (C=O) groups is 1. The fraction of sp³-hybridized carbons (Fsp3) is 0.973. The molecule has 0 amide bonds. The second-order valence-corrected chi connectivity index (χ2v) is 13.6. The van der Waals surface area contributed by atoms with Crippen LogP contribution in [0.1, 0.15) is 220 Å². The fourth-order valence-electron chi connectivity index (χ4n) is 5.76. The van der Waals surface area contributed by atoms with E-state index in [4.69, 9.17) is 0 Å². The zero-order chi connectivity index (χ0) is 27.9. The van der Waals surface area contributed by atoms with Crippen molar-refractivity contribution in [1.82, 2.24) is 0 Å². The Morgan fingerprint density at radius 1 is 0.316 bits per heavy atom. The number of carbonyl (C=O) groups excluding carboxylic acids is 1. The molecule has 38 heavy (non-hydrogen) atoms. The first-order chi connectivity index (χ1) is 18.5. The summed E-state index contributed by atoms with van der Waals surface area (Å²) in [6.07, 6.45) is 40.6. The van der Waals surface area contributed by atoms with Crippen molar-refractivity contribution in [2.24, 2.45) is 11.8 Å². The number of unbranched alkanes of at least 4 members (excludes halogenated alkanes) is 24. The normalized spacial score (nSPS) is 11.7. The number of rotatable bonds is 32. The van der Waals surface area contributed by atoms with Gasteiger partial charge < -0.3 is 0 Å². The summed E-state index contributed by atoms with van der Waals surface area (Å²) < 4.78 is 0. The average molecular weight is 535 g/mol. The van der Waals surface area contributed by atoms with Crippen molar-refractivity contribution >= 4 is 5.78 Å². The Hall–Kier alpha value is -0.330. The zero-order valence-electron chi connectivity index (χ0n) is 27.3. The predicted molar refractivity (Wildman–Crippen MR) is 173 cm³/mol. The van der Waals surface area contributed by atoms with Crippen molar-refractivity contribution in [2.45, 2.75) is 220 Å². The smallest absolute Gasteiger partial charge is 0.132 e. The van der Waals surface area contributed by atoms with E-state index >= 15 is 0 Å². The van der Waals surface area contributed by atoms with Gasteiger partial charge in [0.2, 0.25) is 0 Å². The van der Waals surface area contributed by atoms with Crippen LogP contribution in [0.15, 0.2) is 0 Å². The van der Waals surface area contributed by atoms with Gasteiger partial charge in [0.1, 0.15) is 5.78 Å². The Balaban J connectivity index is 3.16. The van der Waals surface area contributed by atoms with Gasteiger partial charge in [-0.15, -0.1) is 0 Å². The molecule has 1 nitrogen and oxygen atoms in total. The quantitative estimate of drug-likeness (QED) is 0.0784. The Morgan fingerprint density at radius 2 is 0.500 bits per heavy atom. The number of ketones is 1. The molecule has 0 saturated carbocycles. The molecule has 0 atom stereocenters. The van der Waals surface area contributed by atoms with Gasteiger partial charge in [-0.3, -0.25) is 4.79 Å². The third-order valence-electron chi connectivity index (χ3n) is 8.47. The van der Waals surface area contributed by atoms with Gasteiger partial charge in [-0.05, 0) is 24.7 Å². The van der Waals surface area contributed by atoms with Gasteiger partial charge in [-0.1, -0.05) is 195 Å². The molecule has 0 aliphatic heterocycles. The molecular weight excluding hydrogens is 460 g/mol. The molecule has 0 aliphatic carbocycles. The molecule has 0 aromatic carbocycles.